The highest BCUT2D eigenvalue weighted by Gasteiger charge is 2.22. The van der Waals surface area contributed by atoms with Crippen LogP contribution in [0.15, 0.2) is 18.2 Å². The molecule has 2 atom stereocenters. The van der Waals surface area contributed by atoms with E-state index < -0.39 is 5.82 Å². The van der Waals surface area contributed by atoms with E-state index in [-0.39, 0.29) is 11.6 Å². The maximum atomic E-state index is 12.9. The topological polar surface area (TPSA) is 58.4 Å². The number of carbonyl (C=O) groups is 1. The van der Waals surface area contributed by atoms with Gasteiger partial charge in [0.2, 0.25) is 5.91 Å². The first-order valence-corrected chi connectivity index (χ1v) is 8.11. The zero-order chi connectivity index (χ0) is 15.4. The second-order valence-corrected chi connectivity index (χ2v) is 7.43. The summed E-state index contributed by atoms with van der Waals surface area (Å²) in [6.45, 7) is 7.20. The molecule has 1 amide bonds. The van der Waals surface area contributed by atoms with E-state index in [4.69, 9.17) is 5.73 Å². The van der Waals surface area contributed by atoms with E-state index in [9.17, 15) is 9.18 Å². The summed E-state index contributed by atoms with van der Waals surface area (Å²) >= 11 is 1.99. The van der Waals surface area contributed by atoms with Crippen molar-refractivity contribution in [1.82, 2.24) is 4.90 Å². The highest BCUT2D eigenvalue weighted by Crippen LogP contribution is 2.24. The third-order valence-corrected chi connectivity index (χ3v) is 4.67. The van der Waals surface area contributed by atoms with Gasteiger partial charge in [-0.1, -0.05) is 13.8 Å². The fourth-order valence-corrected chi connectivity index (χ4v) is 3.97. The first-order valence-electron chi connectivity index (χ1n) is 7.16. The number of rotatable bonds is 4. The van der Waals surface area contributed by atoms with Crippen molar-refractivity contribution in [2.24, 2.45) is 0 Å². The number of nitrogens with two attached hydrogens (primary N) is 1. The number of nitrogens with one attached hydrogen (secondary N) is 1. The maximum Gasteiger partial charge on any atom is 0.225 e. The van der Waals surface area contributed by atoms with Crippen LogP contribution in [-0.2, 0) is 4.79 Å². The molecule has 0 radical (unpaired) electrons. The van der Waals surface area contributed by atoms with E-state index in [1.165, 1.54) is 18.2 Å². The maximum absolute atomic E-state index is 12.9. The molecule has 0 bridgehead atoms. The summed E-state index contributed by atoms with van der Waals surface area (Å²) in [4.78, 5) is 14.3. The quantitative estimate of drug-likeness (QED) is 0.839. The first kappa shape index (κ1) is 16.1. The fourth-order valence-electron chi connectivity index (χ4n) is 2.59. The lowest BCUT2D eigenvalue weighted by Crippen LogP contribution is -2.41. The molecule has 0 aliphatic carbocycles. The van der Waals surface area contributed by atoms with E-state index in [1.807, 2.05) is 11.8 Å². The number of thioether (sulfide) groups is 1. The summed E-state index contributed by atoms with van der Waals surface area (Å²) < 4.78 is 12.9. The van der Waals surface area contributed by atoms with Crippen molar-refractivity contribution < 1.29 is 9.18 Å². The normalized spacial score (nSPS) is 23.0. The van der Waals surface area contributed by atoms with Crippen LogP contribution in [0.2, 0.25) is 0 Å². The Hall–Kier alpha value is -1.27. The predicted octanol–water partition coefficient (Wildman–Crippen LogP) is 2.56. The summed E-state index contributed by atoms with van der Waals surface area (Å²) in [7, 11) is 0. The van der Waals surface area contributed by atoms with Gasteiger partial charge in [-0.2, -0.15) is 11.8 Å². The molecular weight excluding hydrogens is 289 g/mol. The Morgan fingerprint density at radius 1 is 1.43 bits per heavy atom. The summed E-state index contributed by atoms with van der Waals surface area (Å²) in [5, 5.41) is 3.94. The Morgan fingerprint density at radius 2 is 2.10 bits per heavy atom. The van der Waals surface area contributed by atoms with Gasteiger partial charge < -0.3 is 16.0 Å². The number of carbonyl (C=O) groups excluding carboxylic acids is 1. The lowest BCUT2D eigenvalue weighted by Gasteiger charge is -2.34. The largest absolute Gasteiger partial charge is 0.397 e. The van der Waals surface area contributed by atoms with Crippen LogP contribution in [0.5, 0.6) is 0 Å². The van der Waals surface area contributed by atoms with Gasteiger partial charge in [-0.15, -0.1) is 0 Å². The highest BCUT2D eigenvalue weighted by molar-refractivity contribution is 8.00. The van der Waals surface area contributed by atoms with Crippen LogP contribution in [0.3, 0.4) is 0 Å². The molecule has 0 saturated carbocycles. The first-order chi connectivity index (χ1) is 9.94. The van der Waals surface area contributed by atoms with Crippen LogP contribution >= 0.6 is 11.8 Å². The Labute approximate surface area is 129 Å². The molecule has 1 aromatic rings. The van der Waals surface area contributed by atoms with Gasteiger partial charge in [0.1, 0.15) is 5.82 Å². The Kier molecular flexibility index (Phi) is 5.47. The lowest BCUT2D eigenvalue weighted by atomic mass is 10.2. The van der Waals surface area contributed by atoms with Crippen LogP contribution in [-0.4, -0.2) is 40.9 Å². The second-order valence-electron chi connectivity index (χ2n) is 5.55. The van der Waals surface area contributed by atoms with Crippen LogP contribution in [0.25, 0.3) is 0 Å². The molecule has 0 aromatic heterocycles. The van der Waals surface area contributed by atoms with Gasteiger partial charge >= 0.3 is 0 Å². The van der Waals surface area contributed by atoms with Crippen LogP contribution in [0.4, 0.5) is 15.8 Å². The van der Waals surface area contributed by atoms with Crippen molar-refractivity contribution >= 4 is 29.0 Å². The van der Waals surface area contributed by atoms with Gasteiger partial charge in [0, 0.05) is 36.6 Å². The smallest absolute Gasteiger partial charge is 0.225 e. The molecule has 1 fully saturated rings. The molecule has 1 saturated heterocycles. The number of amides is 1. The Morgan fingerprint density at radius 3 is 2.71 bits per heavy atom. The molecule has 1 aliphatic rings. The number of nitrogens with zero attached hydrogens (tertiary/aromatic N) is 1. The van der Waals surface area contributed by atoms with Crippen LogP contribution < -0.4 is 11.1 Å². The van der Waals surface area contributed by atoms with Gasteiger partial charge in [-0.25, -0.2) is 4.39 Å². The van der Waals surface area contributed by atoms with Gasteiger partial charge in [-0.3, -0.25) is 4.79 Å². The third-order valence-electron chi connectivity index (χ3n) is 3.44. The average molecular weight is 311 g/mol. The summed E-state index contributed by atoms with van der Waals surface area (Å²) in [6, 6.07) is 3.99. The Bertz CT molecular complexity index is 502. The molecule has 2 unspecified atom stereocenters. The molecule has 4 nitrogen and oxygen atoms in total. The summed E-state index contributed by atoms with van der Waals surface area (Å²) in [5.41, 5.74) is 6.40. The number of benzene rings is 1. The summed E-state index contributed by atoms with van der Waals surface area (Å²) in [5.74, 6) is -0.494. The van der Waals surface area contributed by atoms with Crippen molar-refractivity contribution in [3.05, 3.63) is 24.0 Å². The molecule has 2 rings (SSSR count). The minimum atomic E-state index is -0.403. The molecule has 6 heteroatoms. The number of hydrogen-bond acceptors (Lipinski definition) is 4. The molecular formula is C15H22FN3OS. The standard InChI is InChI=1S/C15H22FN3OS/c1-10-8-19(9-11(2)21-10)6-5-15(20)18-14-4-3-12(16)7-13(14)17/h3-4,7,10-11H,5-6,8-9,17H2,1-2H3,(H,18,20). The molecule has 1 heterocycles. The van der Waals surface area contributed by atoms with E-state index in [2.05, 4.69) is 24.1 Å². The molecule has 3 N–H and O–H groups in total. The van der Waals surface area contributed by atoms with Crippen molar-refractivity contribution in [2.75, 3.05) is 30.7 Å². The van der Waals surface area contributed by atoms with E-state index in [0.717, 1.165) is 19.6 Å². The zero-order valence-corrected chi connectivity index (χ0v) is 13.3. The van der Waals surface area contributed by atoms with E-state index in [0.29, 0.717) is 22.6 Å². The third kappa shape index (κ3) is 4.89. The monoisotopic (exact) mass is 311 g/mol. The van der Waals surface area contributed by atoms with E-state index in [1.54, 1.807) is 0 Å². The second kappa shape index (κ2) is 7.13. The highest BCUT2D eigenvalue weighted by atomic mass is 32.2. The minimum Gasteiger partial charge on any atom is -0.397 e. The molecule has 116 valence electrons. The van der Waals surface area contributed by atoms with E-state index >= 15 is 0 Å². The molecule has 21 heavy (non-hydrogen) atoms. The minimum absolute atomic E-state index is 0.0909. The molecule has 1 aromatic carbocycles. The number of nitrogen functional groups attached to an aromatic ring is 1. The van der Waals surface area contributed by atoms with Gasteiger partial charge in [0.25, 0.3) is 0 Å². The Balaban J connectivity index is 1.82. The predicted molar refractivity (Wildman–Crippen MR) is 87.0 cm³/mol. The van der Waals surface area contributed by atoms with Crippen LogP contribution in [0, 0.1) is 5.82 Å². The van der Waals surface area contributed by atoms with Crippen molar-refractivity contribution in [1.29, 1.82) is 0 Å². The molecule has 1 aliphatic heterocycles. The number of halogens is 1. The van der Waals surface area contributed by atoms with Crippen LogP contribution in [0.1, 0.15) is 20.3 Å². The van der Waals surface area contributed by atoms with Gasteiger partial charge in [-0.05, 0) is 18.2 Å². The zero-order valence-electron chi connectivity index (χ0n) is 12.4. The average Bonchev–Trinajstić information content (AvgIpc) is 2.39. The summed E-state index contributed by atoms with van der Waals surface area (Å²) in [6.07, 6.45) is 0.418. The van der Waals surface area contributed by atoms with Crippen molar-refractivity contribution in [3.8, 4) is 0 Å². The molecule has 0 spiro atoms. The van der Waals surface area contributed by atoms with Gasteiger partial charge in [0.05, 0.1) is 11.4 Å². The van der Waals surface area contributed by atoms with Gasteiger partial charge in [0.15, 0.2) is 0 Å². The SMILES string of the molecule is CC1CN(CCC(=O)Nc2ccc(F)cc2N)CC(C)S1. The number of anilines is 2. The fraction of sp³-hybridized carbons (Fsp3) is 0.533. The van der Waals surface area contributed by atoms with Crippen molar-refractivity contribution in [2.45, 2.75) is 30.8 Å². The van der Waals surface area contributed by atoms with Crippen molar-refractivity contribution in [3.63, 3.8) is 0 Å². The lowest BCUT2D eigenvalue weighted by molar-refractivity contribution is -0.116. The number of hydrogen-bond donors (Lipinski definition) is 2.